The molecule has 1 heterocycles. The normalized spacial score (nSPS) is 20.4. The third-order valence-electron chi connectivity index (χ3n) is 3.58. The second-order valence-corrected chi connectivity index (χ2v) is 6.83. The number of carboxylic acid groups (broad SMARTS) is 1. The van der Waals surface area contributed by atoms with Crippen LogP contribution in [0.15, 0.2) is 48.5 Å². The summed E-state index contributed by atoms with van der Waals surface area (Å²) >= 11 is 7.46. The van der Waals surface area contributed by atoms with Crippen LogP contribution in [0.3, 0.4) is 0 Å². The van der Waals surface area contributed by atoms with Crippen molar-refractivity contribution in [2.75, 3.05) is 5.75 Å². The molecule has 120 valence electrons. The molecule has 0 bridgehead atoms. The number of hydrogen-bond donors (Lipinski definition) is 2. The monoisotopic (exact) mass is 349 g/mol. The Balaban J connectivity index is 1.57. The van der Waals surface area contributed by atoms with Crippen molar-refractivity contribution in [1.29, 1.82) is 0 Å². The van der Waals surface area contributed by atoms with Gasteiger partial charge in [0, 0.05) is 10.8 Å². The van der Waals surface area contributed by atoms with E-state index in [1.54, 1.807) is 11.8 Å². The maximum Gasteiger partial charge on any atom is 0.321 e. The summed E-state index contributed by atoms with van der Waals surface area (Å²) in [5.41, 5.74) is 2.10. The number of thioether (sulfide) groups is 1. The van der Waals surface area contributed by atoms with Gasteiger partial charge in [-0.3, -0.25) is 10.1 Å². The van der Waals surface area contributed by atoms with Crippen LogP contribution in [0.4, 0.5) is 0 Å². The molecule has 4 nitrogen and oxygen atoms in total. The minimum Gasteiger partial charge on any atom is -0.489 e. The molecular formula is C17H16ClNO3S. The van der Waals surface area contributed by atoms with Gasteiger partial charge in [-0.05, 0) is 35.4 Å². The van der Waals surface area contributed by atoms with E-state index in [4.69, 9.17) is 21.4 Å². The van der Waals surface area contributed by atoms with Crippen LogP contribution in [0, 0.1) is 0 Å². The average molecular weight is 350 g/mol. The van der Waals surface area contributed by atoms with E-state index in [-0.39, 0.29) is 5.37 Å². The maximum atomic E-state index is 11.0. The maximum absolute atomic E-state index is 11.0. The van der Waals surface area contributed by atoms with Crippen LogP contribution in [0.1, 0.15) is 16.5 Å². The van der Waals surface area contributed by atoms with Crippen LogP contribution in [0.5, 0.6) is 5.75 Å². The van der Waals surface area contributed by atoms with Crippen LogP contribution in [0.2, 0.25) is 5.02 Å². The molecule has 2 aromatic carbocycles. The van der Waals surface area contributed by atoms with Crippen LogP contribution in [-0.2, 0) is 11.4 Å². The highest BCUT2D eigenvalue weighted by atomic mass is 35.5. The van der Waals surface area contributed by atoms with Gasteiger partial charge in [0.25, 0.3) is 0 Å². The number of halogens is 1. The molecule has 6 heteroatoms. The SMILES string of the molecule is O=C(O)C1CSC(c2ccc(OCc3ccc(Cl)cc3)cc2)N1. The standard InChI is InChI=1S/C17H16ClNO3S/c18-13-5-1-11(2-6-13)9-22-14-7-3-12(4-8-14)16-19-15(10-23-16)17(20)21/h1-8,15-16,19H,9-10H2,(H,20,21). The van der Waals surface area contributed by atoms with Gasteiger partial charge in [-0.2, -0.15) is 0 Å². The molecule has 0 spiro atoms. The zero-order chi connectivity index (χ0) is 16.2. The lowest BCUT2D eigenvalue weighted by Crippen LogP contribution is -2.33. The van der Waals surface area contributed by atoms with E-state index in [9.17, 15) is 4.79 Å². The van der Waals surface area contributed by atoms with Gasteiger partial charge in [-0.1, -0.05) is 35.9 Å². The summed E-state index contributed by atoms with van der Waals surface area (Å²) in [6.45, 7) is 0.480. The number of nitrogens with one attached hydrogen (secondary N) is 1. The van der Waals surface area contributed by atoms with Crippen molar-refractivity contribution < 1.29 is 14.6 Å². The molecule has 2 aromatic rings. The first-order valence-electron chi connectivity index (χ1n) is 7.19. The quantitative estimate of drug-likeness (QED) is 0.861. The van der Waals surface area contributed by atoms with Gasteiger partial charge in [-0.15, -0.1) is 11.8 Å². The fourth-order valence-corrected chi connectivity index (χ4v) is 3.65. The third kappa shape index (κ3) is 4.19. The first kappa shape index (κ1) is 16.2. The number of rotatable bonds is 5. The van der Waals surface area contributed by atoms with Gasteiger partial charge in [0.1, 0.15) is 18.4 Å². The fraction of sp³-hybridized carbons (Fsp3) is 0.235. The van der Waals surface area contributed by atoms with Gasteiger partial charge >= 0.3 is 5.97 Å². The Morgan fingerprint density at radius 3 is 2.52 bits per heavy atom. The van der Waals surface area contributed by atoms with Crippen molar-refractivity contribution in [1.82, 2.24) is 5.32 Å². The topological polar surface area (TPSA) is 58.6 Å². The minimum atomic E-state index is -0.803. The molecule has 2 atom stereocenters. The molecule has 0 saturated carbocycles. The van der Waals surface area contributed by atoms with E-state index in [2.05, 4.69) is 5.32 Å². The van der Waals surface area contributed by atoms with E-state index in [0.717, 1.165) is 16.9 Å². The lowest BCUT2D eigenvalue weighted by Gasteiger charge is -2.12. The molecule has 1 fully saturated rings. The third-order valence-corrected chi connectivity index (χ3v) is 5.10. The van der Waals surface area contributed by atoms with Crippen LogP contribution >= 0.6 is 23.4 Å². The zero-order valence-corrected chi connectivity index (χ0v) is 13.8. The Kier molecular flexibility index (Phi) is 5.10. The molecule has 3 rings (SSSR count). The van der Waals surface area contributed by atoms with Crippen molar-refractivity contribution in [3.8, 4) is 5.75 Å². The van der Waals surface area contributed by atoms with Crippen molar-refractivity contribution in [3.05, 3.63) is 64.7 Å². The molecule has 0 amide bonds. The Bertz CT molecular complexity index is 675. The second-order valence-electron chi connectivity index (χ2n) is 5.26. The molecular weight excluding hydrogens is 334 g/mol. The highest BCUT2D eigenvalue weighted by molar-refractivity contribution is 7.99. The summed E-state index contributed by atoms with van der Waals surface area (Å²) in [6, 6.07) is 14.8. The smallest absolute Gasteiger partial charge is 0.321 e. The van der Waals surface area contributed by atoms with E-state index in [1.165, 1.54) is 0 Å². The summed E-state index contributed by atoms with van der Waals surface area (Å²) in [4.78, 5) is 11.0. The molecule has 0 aromatic heterocycles. The Morgan fingerprint density at radius 2 is 1.91 bits per heavy atom. The minimum absolute atomic E-state index is 0.0152. The van der Waals surface area contributed by atoms with Crippen LogP contribution in [-0.4, -0.2) is 22.9 Å². The molecule has 0 aliphatic carbocycles. The van der Waals surface area contributed by atoms with Gasteiger partial charge in [0.15, 0.2) is 0 Å². The summed E-state index contributed by atoms with van der Waals surface area (Å²) in [5.74, 6) is 0.554. The van der Waals surface area contributed by atoms with Gasteiger partial charge in [0.2, 0.25) is 0 Å². The van der Waals surface area contributed by atoms with Crippen LogP contribution < -0.4 is 10.1 Å². The Labute approximate surface area is 143 Å². The lowest BCUT2D eigenvalue weighted by molar-refractivity contribution is -0.138. The highest BCUT2D eigenvalue weighted by Gasteiger charge is 2.30. The van der Waals surface area contributed by atoms with E-state index in [0.29, 0.717) is 17.4 Å². The predicted octanol–water partition coefficient (Wildman–Crippen LogP) is 3.71. The Morgan fingerprint density at radius 1 is 1.22 bits per heavy atom. The van der Waals surface area contributed by atoms with Gasteiger partial charge < -0.3 is 9.84 Å². The summed E-state index contributed by atoms with van der Waals surface area (Å²) in [7, 11) is 0. The molecule has 1 aliphatic heterocycles. The molecule has 2 unspecified atom stereocenters. The van der Waals surface area contributed by atoms with E-state index in [1.807, 2.05) is 48.5 Å². The predicted molar refractivity (Wildman–Crippen MR) is 92.0 cm³/mol. The van der Waals surface area contributed by atoms with Crippen molar-refractivity contribution >= 4 is 29.3 Å². The zero-order valence-electron chi connectivity index (χ0n) is 12.2. The summed E-state index contributed by atoms with van der Waals surface area (Å²) < 4.78 is 5.74. The summed E-state index contributed by atoms with van der Waals surface area (Å²) in [6.07, 6.45) is 0. The highest BCUT2D eigenvalue weighted by Crippen LogP contribution is 2.33. The number of ether oxygens (including phenoxy) is 1. The van der Waals surface area contributed by atoms with Crippen molar-refractivity contribution in [2.45, 2.75) is 18.0 Å². The number of benzene rings is 2. The van der Waals surface area contributed by atoms with Crippen LogP contribution in [0.25, 0.3) is 0 Å². The number of hydrogen-bond acceptors (Lipinski definition) is 4. The molecule has 23 heavy (non-hydrogen) atoms. The van der Waals surface area contributed by atoms with E-state index < -0.39 is 12.0 Å². The molecule has 1 saturated heterocycles. The van der Waals surface area contributed by atoms with Crippen molar-refractivity contribution in [2.24, 2.45) is 0 Å². The lowest BCUT2D eigenvalue weighted by atomic mass is 10.2. The number of carbonyl (C=O) groups is 1. The second kappa shape index (κ2) is 7.25. The van der Waals surface area contributed by atoms with E-state index >= 15 is 0 Å². The molecule has 2 N–H and O–H groups in total. The molecule has 1 aliphatic rings. The molecule has 0 radical (unpaired) electrons. The van der Waals surface area contributed by atoms with Gasteiger partial charge in [0.05, 0.1) is 5.37 Å². The van der Waals surface area contributed by atoms with Crippen molar-refractivity contribution in [3.63, 3.8) is 0 Å². The number of carboxylic acids is 1. The Hall–Kier alpha value is -1.69. The number of aliphatic carboxylic acids is 1. The van der Waals surface area contributed by atoms with Gasteiger partial charge in [-0.25, -0.2) is 0 Å². The first-order valence-corrected chi connectivity index (χ1v) is 8.62. The summed E-state index contributed by atoms with van der Waals surface area (Å²) in [5, 5.41) is 12.8. The fourth-order valence-electron chi connectivity index (χ4n) is 2.29. The average Bonchev–Trinajstić information content (AvgIpc) is 3.05. The largest absolute Gasteiger partial charge is 0.489 e. The first-order chi connectivity index (χ1) is 11.1.